The molecule has 1 heterocycles. The summed E-state index contributed by atoms with van der Waals surface area (Å²) in [5.41, 5.74) is 2.61. The highest BCUT2D eigenvalue weighted by Crippen LogP contribution is 2.40. The molecule has 0 radical (unpaired) electrons. The van der Waals surface area contributed by atoms with Crippen molar-refractivity contribution in [1.82, 2.24) is 0 Å². The molecule has 0 bridgehead atoms. The number of halogens is 1. The normalized spacial score (nSPS) is 16.8. The third-order valence-electron chi connectivity index (χ3n) is 5.67. The molecular formula is C23H20ClNO3S. The number of hydrogen-bond acceptors (Lipinski definition) is 3. The van der Waals surface area contributed by atoms with Gasteiger partial charge in [-0.3, -0.25) is 4.72 Å². The maximum Gasteiger partial charge on any atom is 0.261 e. The monoisotopic (exact) mass is 425 g/mol. The van der Waals surface area contributed by atoms with E-state index in [1.54, 1.807) is 12.1 Å². The largest absolute Gasteiger partial charge is 0.460 e. The van der Waals surface area contributed by atoms with Crippen LogP contribution in [0, 0.1) is 5.92 Å². The molecule has 0 unspecified atom stereocenters. The summed E-state index contributed by atoms with van der Waals surface area (Å²) in [5, 5.41) is 3.23. The summed E-state index contributed by atoms with van der Waals surface area (Å²) in [5.74, 6) is 1.62. The van der Waals surface area contributed by atoms with E-state index in [1.807, 2.05) is 30.3 Å². The van der Waals surface area contributed by atoms with Crippen molar-refractivity contribution < 1.29 is 12.8 Å². The van der Waals surface area contributed by atoms with Gasteiger partial charge in [0.25, 0.3) is 10.0 Å². The van der Waals surface area contributed by atoms with E-state index in [1.165, 1.54) is 17.7 Å². The Bertz CT molecular complexity index is 1340. The average molecular weight is 426 g/mol. The first kappa shape index (κ1) is 18.5. The van der Waals surface area contributed by atoms with Crippen LogP contribution in [0.5, 0.6) is 0 Å². The van der Waals surface area contributed by atoms with E-state index in [0.717, 1.165) is 46.8 Å². The van der Waals surface area contributed by atoms with Crippen LogP contribution in [0.2, 0.25) is 5.02 Å². The van der Waals surface area contributed by atoms with E-state index in [2.05, 4.69) is 11.6 Å². The highest BCUT2D eigenvalue weighted by molar-refractivity contribution is 7.92. The molecule has 0 amide bonds. The molecule has 4 aromatic rings. The SMILES string of the molecule is C[C@@H]1CCc2c(oc3c2cc(NS(=O)(=O)c2ccc(Cl)cc2)c2ccccc23)C1. The molecule has 5 rings (SSSR count). The predicted octanol–water partition coefficient (Wildman–Crippen LogP) is 6.17. The van der Waals surface area contributed by atoms with Gasteiger partial charge in [-0.2, -0.15) is 0 Å². The minimum absolute atomic E-state index is 0.175. The second kappa shape index (κ2) is 6.78. The van der Waals surface area contributed by atoms with Gasteiger partial charge in [0.15, 0.2) is 0 Å². The topological polar surface area (TPSA) is 59.3 Å². The molecule has 6 heteroatoms. The van der Waals surface area contributed by atoms with E-state index in [4.69, 9.17) is 16.0 Å². The van der Waals surface area contributed by atoms with Gasteiger partial charge in [0.1, 0.15) is 11.3 Å². The standard InChI is InChI=1S/C23H20ClNO3S/c1-14-6-11-18-20-13-21(25-29(26,27)16-9-7-15(24)8-10-16)17-4-2-3-5-19(17)23(20)28-22(18)12-14/h2-5,7-10,13-14,25H,6,11-12H2,1H3/t14-/m1/s1. The fraction of sp³-hybridized carbons (Fsp3) is 0.217. The minimum Gasteiger partial charge on any atom is -0.460 e. The summed E-state index contributed by atoms with van der Waals surface area (Å²) in [4.78, 5) is 0.175. The van der Waals surface area contributed by atoms with Crippen LogP contribution < -0.4 is 4.72 Å². The summed E-state index contributed by atoms with van der Waals surface area (Å²) in [6.45, 7) is 2.24. The second-order valence-electron chi connectivity index (χ2n) is 7.76. The van der Waals surface area contributed by atoms with Gasteiger partial charge in [0, 0.05) is 33.2 Å². The molecule has 0 fully saturated rings. The molecule has 0 aliphatic heterocycles. The van der Waals surface area contributed by atoms with Gasteiger partial charge < -0.3 is 4.42 Å². The van der Waals surface area contributed by atoms with Crippen molar-refractivity contribution >= 4 is 49.1 Å². The molecule has 0 spiro atoms. The van der Waals surface area contributed by atoms with Gasteiger partial charge in [0.05, 0.1) is 10.6 Å². The quantitative estimate of drug-likeness (QED) is 0.427. The number of hydrogen-bond donors (Lipinski definition) is 1. The van der Waals surface area contributed by atoms with Crippen LogP contribution in [0.15, 0.2) is 63.9 Å². The van der Waals surface area contributed by atoms with Crippen LogP contribution in [-0.4, -0.2) is 8.42 Å². The number of anilines is 1. The molecular weight excluding hydrogens is 406 g/mol. The zero-order chi connectivity index (χ0) is 20.2. The molecule has 1 aliphatic rings. The van der Waals surface area contributed by atoms with E-state index >= 15 is 0 Å². The summed E-state index contributed by atoms with van der Waals surface area (Å²) < 4.78 is 35.0. The summed E-state index contributed by atoms with van der Waals surface area (Å²) in [6, 6.07) is 15.8. The summed E-state index contributed by atoms with van der Waals surface area (Å²) in [6.07, 6.45) is 2.98. The highest BCUT2D eigenvalue weighted by atomic mass is 35.5. The number of aryl methyl sites for hydroxylation is 1. The van der Waals surface area contributed by atoms with Gasteiger partial charge >= 0.3 is 0 Å². The number of fused-ring (bicyclic) bond motifs is 5. The maximum atomic E-state index is 13.0. The molecule has 1 aliphatic carbocycles. The van der Waals surface area contributed by atoms with Crippen molar-refractivity contribution in [2.45, 2.75) is 31.1 Å². The third-order valence-corrected chi connectivity index (χ3v) is 7.30. The predicted molar refractivity (Wildman–Crippen MR) is 117 cm³/mol. The van der Waals surface area contributed by atoms with Crippen LogP contribution in [0.4, 0.5) is 5.69 Å². The smallest absolute Gasteiger partial charge is 0.261 e. The Morgan fingerprint density at radius 3 is 2.52 bits per heavy atom. The lowest BCUT2D eigenvalue weighted by Crippen LogP contribution is -2.13. The lowest BCUT2D eigenvalue weighted by Gasteiger charge is -2.16. The van der Waals surface area contributed by atoms with Crippen LogP contribution in [-0.2, 0) is 22.9 Å². The summed E-state index contributed by atoms with van der Waals surface area (Å²) in [7, 11) is -3.74. The molecule has 1 aromatic heterocycles. The van der Waals surface area contributed by atoms with Crippen LogP contribution in [0.3, 0.4) is 0 Å². The lowest BCUT2D eigenvalue weighted by atomic mass is 9.88. The van der Waals surface area contributed by atoms with E-state index in [0.29, 0.717) is 16.6 Å². The highest BCUT2D eigenvalue weighted by Gasteiger charge is 2.25. The van der Waals surface area contributed by atoms with Gasteiger partial charge in [-0.25, -0.2) is 8.42 Å². The molecule has 29 heavy (non-hydrogen) atoms. The molecule has 3 aromatic carbocycles. The Labute approximate surface area is 174 Å². The Morgan fingerprint density at radius 1 is 1.03 bits per heavy atom. The van der Waals surface area contributed by atoms with Crippen molar-refractivity contribution in [3.63, 3.8) is 0 Å². The average Bonchev–Trinajstić information content (AvgIpc) is 3.06. The van der Waals surface area contributed by atoms with Crippen LogP contribution >= 0.6 is 11.6 Å². The van der Waals surface area contributed by atoms with E-state index in [9.17, 15) is 8.42 Å². The number of rotatable bonds is 3. The molecule has 0 saturated heterocycles. The van der Waals surface area contributed by atoms with Crippen molar-refractivity contribution in [2.75, 3.05) is 4.72 Å². The van der Waals surface area contributed by atoms with Gasteiger partial charge in [0.2, 0.25) is 0 Å². The minimum atomic E-state index is -3.74. The summed E-state index contributed by atoms with van der Waals surface area (Å²) >= 11 is 5.90. The second-order valence-corrected chi connectivity index (χ2v) is 9.88. The molecule has 4 nitrogen and oxygen atoms in total. The van der Waals surface area contributed by atoms with Crippen molar-refractivity contribution in [3.8, 4) is 0 Å². The Hall–Kier alpha value is -2.50. The van der Waals surface area contributed by atoms with Crippen LogP contribution in [0.25, 0.3) is 21.7 Å². The van der Waals surface area contributed by atoms with Crippen molar-refractivity contribution in [3.05, 3.63) is 70.9 Å². The van der Waals surface area contributed by atoms with Gasteiger partial charge in [-0.05, 0) is 49.1 Å². The van der Waals surface area contributed by atoms with Gasteiger partial charge in [-0.15, -0.1) is 0 Å². The zero-order valence-electron chi connectivity index (χ0n) is 15.9. The van der Waals surface area contributed by atoms with Gasteiger partial charge in [-0.1, -0.05) is 42.8 Å². The first-order chi connectivity index (χ1) is 13.9. The van der Waals surface area contributed by atoms with Crippen LogP contribution in [0.1, 0.15) is 24.7 Å². The van der Waals surface area contributed by atoms with Crippen molar-refractivity contribution in [2.24, 2.45) is 5.92 Å². The van der Waals surface area contributed by atoms with Crippen molar-refractivity contribution in [1.29, 1.82) is 0 Å². The molecule has 1 atom stereocenters. The maximum absolute atomic E-state index is 13.0. The molecule has 148 valence electrons. The number of nitrogens with one attached hydrogen (secondary N) is 1. The number of furan rings is 1. The fourth-order valence-electron chi connectivity index (χ4n) is 4.17. The Balaban J connectivity index is 1.69. The molecule has 0 saturated carbocycles. The third kappa shape index (κ3) is 3.18. The van der Waals surface area contributed by atoms with E-state index in [-0.39, 0.29) is 4.90 Å². The number of sulfonamides is 1. The Kier molecular flexibility index (Phi) is 4.33. The first-order valence-electron chi connectivity index (χ1n) is 9.67. The Morgan fingerprint density at radius 2 is 1.76 bits per heavy atom. The lowest BCUT2D eigenvalue weighted by molar-refractivity contribution is 0.427. The number of benzene rings is 3. The first-order valence-corrected chi connectivity index (χ1v) is 11.5. The fourth-order valence-corrected chi connectivity index (χ4v) is 5.36. The zero-order valence-corrected chi connectivity index (χ0v) is 17.5. The van der Waals surface area contributed by atoms with E-state index < -0.39 is 10.0 Å². The molecule has 1 N–H and O–H groups in total.